The molecule has 0 aliphatic carbocycles. The lowest BCUT2D eigenvalue weighted by Gasteiger charge is -2.26. The van der Waals surface area contributed by atoms with Gasteiger partial charge in [0.2, 0.25) is 0 Å². The number of carbonyl (C=O) groups is 2. The van der Waals surface area contributed by atoms with Gasteiger partial charge in [0.05, 0.1) is 12.3 Å². The highest BCUT2D eigenvalue weighted by atomic mass is 31.2. The van der Waals surface area contributed by atoms with E-state index in [1.807, 2.05) is 44.9 Å². The highest BCUT2D eigenvalue weighted by Gasteiger charge is 2.32. The number of phenols is 1. The average molecular weight is 587 g/mol. The van der Waals surface area contributed by atoms with Crippen LogP contribution in [0.3, 0.4) is 0 Å². The van der Waals surface area contributed by atoms with Gasteiger partial charge in [-0.1, -0.05) is 36.8 Å². The second-order valence-electron chi connectivity index (χ2n) is 10.8. The van der Waals surface area contributed by atoms with Crippen LogP contribution in [0.1, 0.15) is 67.2 Å². The van der Waals surface area contributed by atoms with Gasteiger partial charge in [-0.05, 0) is 77.8 Å². The number of esters is 2. The number of ether oxygens (including phenoxy) is 2. The molecule has 1 aliphatic rings. The fraction of sp³-hybridized carbons (Fsp3) is 0.484. The molecule has 224 valence electrons. The number of rotatable bonds is 14. The molecule has 0 amide bonds. The normalized spacial score (nSPS) is 15.4. The average Bonchev–Trinajstić information content (AvgIpc) is 3.30. The van der Waals surface area contributed by atoms with Crippen molar-refractivity contribution in [1.82, 2.24) is 9.99 Å². The molecule has 3 rings (SSSR count). The van der Waals surface area contributed by atoms with Crippen molar-refractivity contribution in [3.05, 3.63) is 69.8 Å². The Morgan fingerprint density at radius 3 is 2.54 bits per heavy atom. The summed E-state index contributed by atoms with van der Waals surface area (Å²) in [4.78, 5) is 26.7. The molecule has 0 bridgehead atoms. The molecule has 0 radical (unpaired) electrons. The lowest BCUT2D eigenvalue weighted by molar-refractivity contribution is -0.149. The molecule has 1 unspecified atom stereocenters. The van der Waals surface area contributed by atoms with Crippen LogP contribution in [0.4, 0.5) is 0 Å². The Bertz CT molecular complexity index is 1320. The van der Waals surface area contributed by atoms with E-state index < -0.39 is 25.5 Å². The van der Waals surface area contributed by atoms with E-state index in [0.717, 1.165) is 34.2 Å². The number of phenolic OH excluding ortho intramolecular Hbond substituents is 1. The van der Waals surface area contributed by atoms with Crippen LogP contribution in [-0.2, 0) is 38.3 Å². The third kappa shape index (κ3) is 8.44. The Kier molecular flexibility index (Phi) is 11.2. The topological polar surface area (TPSA) is 114 Å². The van der Waals surface area contributed by atoms with Crippen molar-refractivity contribution in [3.8, 4) is 11.5 Å². The number of hydrogen-bond donors (Lipinski definition) is 2. The Hall–Kier alpha value is -3.13. The van der Waals surface area contributed by atoms with Gasteiger partial charge in [-0.2, -0.15) is 0 Å². The SMILES string of the molecule is CCc1c(C)c2c(c(O)c1C/C=C(\C)CN(C)CCP(=O)(N[C@@H](C)C(=O)OC(C)C)Oc1ccccc1)C(=O)OC2. The van der Waals surface area contributed by atoms with Crippen LogP contribution < -0.4 is 9.61 Å². The smallest absolute Gasteiger partial charge is 0.342 e. The van der Waals surface area contributed by atoms with E-state index in [-0.39, 0.29) is 30.2 Å². The van der Waals surface area contributed by atoms with Crippen molar-refractivity contribution in [2.45, 2.75) is 73.1 Å². The number of fused-ring (bicyclic) bond motifs is 1. The number of carbonyl (C=O) groups excluding carboxylic acids is 2. The quantitative estimate of drug-likeness (QED) is 0.167. The molecular weight excluding hydrogens is 543 g/mol. The Morgan fingerprint density at radius 2 is 1.90 bits per heavy atom. The fourth-order valence-corrected chi connectivity index (χ4v) is 7.00. The van der Waals surface area contributed by atoms with Crippen molar-refractivity contribution in [3.63, 3.8) is 0 Å². The number of aromatic hydroxyl groups is 1. The molecule has 1 aliphatic heterocycles. The maximum atomic E-state index is 13.9. The number of nitrogens with one attached hydrogen (secondary N) is 1. The first-order valence-electron chi connectivity index (χ1n) is 14.0. The predicted octanol–water partition coefficient (Wildman–Crippen LogP) is 5.56. The first-order chi connectivity index (χ1) is 19.3. The van der Waals surface area contributed by atoms with Crippen molar-refractivity contribution < 1.29 is 33.3 Å². The molecular formula is C31H43N2O7P. The molecule has 0 spiro atoms. The summed E-state index contributed by atoms with van der Waals surface area (Å²) in [6.45, 7) is 12.4. The van der Waals surface area contributed by atoms with E-state index in [1.54, 1.807) is 45.0 Å². The Morgan fingerprint density at radius 1 is 1.22 bits per heavy atom. The molecule has 1 heterocycles. The van der Waals surface area contributed by atoms with Gasteiger partial charge >= 0.3 is 19.5 Å². The molecule has 41 heavy (non-hydrogen) atoms. The third-order valence-electron chi connectivity index (χ3n) is 7.04. The number of allylic oxidation sites excluding steroid dienone is 1. The van der Waals surface area contributed by atoms with Crippen molar-refractivity contribution in [2.75, 3.05) is 26.3 Å². The summed E-state index contributed by atoms with van der Waals surface area (Å²) < 4.78 is 30.3. The largest absolute Gasteiger partial charge is 0.507 e. The molecule has 0 saturated carbocycles. The van der Waals surface area contributed by atoms with Gasteiger partial charge in [0.1, 0.15) is 29.7 Å². The fourth-order valence-electron chi connectivity index (χ4n) is 4.96. The minimum absolute atomic E-state index is 0.0116. The van der Waals surface area contributed by atoms with Crippen LogP contribution in [0.15, 0.2) is 42.0 Å². The van der Waals surface area contributed by atoms with Gasteiger partial charge in [-0.25, -0.2) is 9.88 Å². The van der Waals surface area contributed by atoms with E-state index >= 15 is 0 Å². The number of cyclic esters (lactones) is 1. The van der Waals surface area contributed by atoms with Gasteiger partial charge in [-0.15, -0.1) is 0 Å². The van der Waals surface area contributed by atoms with Crippen LogP contribution in [0.2, 0.25) is 0 Å². The van der Waals surface area contributed by atoms with Gasteiger partial charge in [-0.3, -0.25) is 9.36 Å². The zero-order chi connectivity index (χ0) is 30.3. The van der Waals surface area contributed by atoms with Crippen LogP contribution in [-0.4, -0.2) is 60.4 Å². The summed E-state index contributed by atoms with van der Waals surface area (Å²) in [6, 6.07) is 8.07. The monoisotopic (exact) mass is 586 g/mol. The maximum Gasteiger partial charge on any atom is 0.342 e. The van der Waals surface area contributed by atoms with Crippen LogP contribution in [0.25, 0.3) is 0 Å². The van der Waals surface area contributed by atoms with E-state index in [2.05, 4.69) is 5.09 Å². The second kappa shape index (κ2) is 14.2. The van der Waals surface area contributed by atoms with E-state index in [4.69, 9.17) is 14.0 Å². The lowest BCUT2D eigenvalue weighted by atomic mass is 9.89. The van der Waals surface area contributed by atoms with Gasteiger partial charge < -0.3 is 24.0 Å². The Balaban J connectivity index is 1.69. The minimum Gasteiger partial charge on any atom is -0.507 e. The molecule has 0 fully saturated rings. The highest BCUT2D eigenvalue weighted by Crippen LogP contribution is 2.43. The first-order valence-corrected chi connectivity index (χ1v) is 15.9. The number of likely N-dealkylation sites (N-methyl/N-ethyl adjacent to an activating group) is 1. The molecule has 0 saturated heterocycles. The molecule has 0 aromatic heterocycles. The number of para-hydroxylation sites is 1. The van der Waals surface area contributed by atoms with E-state index in [1.165, 1.54) is 0 Å². The molecule has 2 aromatic carbocycles. The molecule has 2 atom stereocenters. The zero-order valence-electron chi connectivity index (χ0n) is 25.2. The molecule has 2 N–H and O–H groups in total. The summed E-state index contributed by atoms with van der Waals surface area (Å²) in [5, 5.41) is 13.8. The number of nitrogens with zero attached hydrogens (tertiary/aromatic N) is 1. The minimum atomic E-state index is -3.48. The number of benzene rings is 2. The van der Waals surface area contributed by atoms with E-state index in [0.29, 0.717) is 25.3 Å². The third-order valence-corrected chi connectivity index (χ3v) is 9.12. The summed E-state index contributed by atoms with van der Waals surface area (Å²) in [7, 11) is -1.56. The second-order valence-corrected chi connectivity index (χ2v) is 13.1. The van der Waals surface area contributed by atoms with Crippen LogP contribution >= 0.6 is 7.52 Å². The van der Waals surface area contributed by atoms with Gasteiger partial charge in [0.25, 0.3) is 0 Å². The standard InChI is InChI=1S/C31H43N2O7P/c1-8-25-22(5)27-19-38-31(36)28(27)29(34)26(25)15-14-21(4)18-33(7)16-17-41(37,40-24-12-10-9-11-13-24)32-23(6)30(35)39-20(2)3/h9-14,20,23,34H,8,15-19H2,1-7H3,(H,32,37)/b21-14+/t23-,41?/m0/s1. The zero-order valence-corrected chi connectivity index (χ0v) is 26.0. The molecule has 10 heteroatoms. The lowest BCUT2D eigenvalue weighted by Crippen LogP contribution is -2.37. The predicted molar refractivity (Wildman–Crippen MR) is 160 cm³/mol. The summed E-state index contributed by atoms with van der Waals surface area (Å²) in [5.74, 6) is -0.509. The van der Waals surface area contributed by atoms with E-state index in [9.17, 15) is 19.3 Å². The summed E-state index contributed by atoms with van der Waals surface area (Å²) in [5.41, 5.74) is 4.89. The number of hydrogen-bond acceptors (Lipinski definition) is 8. The summed E-state index contributed by atoms with van der Waals surface area (Å²) in [6.07, 6.45) is 3.13. The van der Waals surface area contributed by atoms with Crippen molar-refractivity contribution in [1.29, 1.82) is 0 Å². The molecule has 2 aromatic rings. The maximum absolute atomic E-state index is 13.9. The van der Waals surface area contributed by atoms with Crippen molar-refractivity contribution >= 4 is 19.5 Å². The van der Waals surface area contributed by atoms with Crippen molar-refractivity contribution in [2.24, 2.45) is 0 Å². The van der Waals surface area contributed by atoms with Crippen LogP contribution in [0, 0.1) is 6.92 Å². The van der Waals surface area contributed by atoms with Crippen LogP contribution in [0.5, 0.6) is 11.5 Å². The highest BCUT2D eigenvalue weighted by molar-refractivity contribution is 7.57. The summed E-state index contributed by atoms with van der Waals surface area (Å²) >= 11 is 0. The van der Waals surface area contributed by atoms with Gasteiger partial charge in [0.15, 0.2) is 0 Å². The first kappa shape index (κ1) is 32.4. The van der Waals surface area contributed by atoms with Gasteiger partial charge in [0, 0.05) is 24.2 Å². The Labute approximate surface area is 243 Å². The molecule has 9 nitrogen and oxygen atoms in total.